The van der Waals surface area contributed by atoms with Crippen molar-refractivity contribution < 1.29 is 4.79 Å². The molecule has 3 rings (SSSR count). The molecule has 0 fully saturated rings. The molecule has 3 aromatic rings. The van der Waals surface area contributed by atoms with Crippen LogP contribution in [0.2, 0.25) is 0 Å². The lowest BCUT2D eigenvalue weighted by molar-refractivity contribution is -0.116. The van der Waals surface area contributed by atoms with Gasteiger partial charge in [0, 0.05) is 23.8 Å². The van der Waals surface area contributed by atoms with Crippen molar-refractivity contribution in [3.63, 3.8) is 0 Å². The van der Waals surface area contributed by atoms with Crippen LogP contribution in [0.4, 0.5) is 0 Å². The number of hydrogen-bond donors (Lipinski definition) is 2. The number of allylic oxidation sites excluding steroid dienone is 1. The number of aryl methyl sites for hydroxylation is 2. The van der Waals surface area contributed by atoms with Crippen molar-refractivity contribution in [2.45, 2.75) is 40.7 Å². The van der Waals surface area contributed by atoms with Gasteiger partial charge in [0.1, 0.15) is 0 Å². The van der Waals surface area contributed by atoms with Crippen LogP contribution in [0.15, 0.2) is 48.7 Å². The number of rotatable bonds is 4. The number of benzene rings is 2. The van der Waals surface area contributed by atoms with Gasteiger partial charge in [-0.2, -0.15) is 0 Å². The third-order valence-electron chi connectivity index (χ3n) is 4.64. The highest BCUT2D eigenvalue weighted by Crippen LogP contribution is 2.31. The molecule has 1 amide bonds. The van der Waals surface area contributed by atoms with Gasteiger partial charge in [-0.25, -0.2) is 0 Å². The summed E-state index contributed by atoms with van der Waals surface area (Å²) in [7, 11) is 0. The van der Waals surface area contributed by atoms with Crippen molar-refractivity contribution >= 4 is 22.4 Å². The van der Waals surface area contributed by atoms with Crippen molar-refractivity contribution in [1.29, 1.82) is 0 Å². The standard InChI is InChI=1S/C23H26N2O/c1-14(2)25-23(26)12-17(5)20-10-16(4)21(11-15(20)3)18-6-7-22-19(13-18)8-9-24-22/h6-14,24H,1-5H3,(H,25,26)/b17-12+. The Kier molecular flexibility index (Phi) is 4.99. The zero-order valence-corrected chi connectivity index (χ0v) is 16.1. The lowest BCUT2D eigenvalue weighted by Gasteiger charge is -2.14. The zero-order chi connectivity index (χ0) is 18.8. The first-order chi connectivity index (χ1) is 12.3. The average molecular weight is 346 g/mol. The van der Waals surface area contributed by atoms with E-state index in [1.54, 1.807) is 6.08 Å². The normalized spacial score (nSPS) is 12.0. The van der Waals surface area contributed by atoms with Crippen LogP contribution >= 0.6 is 0 Å². The number of H-pyrrole nitrogens is 1. The molecule has 0 unspecified atom stereocenters. The Morgan fingerprint density at radius 1 is 1.08 bits per heavy atom. The van der Waals surface area contributed by atoms with Crippen molar-refractivity contribution in [2.24, 2.45) is 0 Å². The van der Waals surface area contributed by atoms with Gasteiger partial charge in [0.05, 0.1) is 0 Å². The molecular formula is C23H26N2O. The van der Waals surface area contributed by atoms with E-state index in [9.17, 15) is 4.79 Å². The molecule has 134 valence electrons. The molecule has 3 nitrogen and oxygen atoms in total. The number of fused-ring (bicyclic) bond motifs is 1. The average Bonchev–Trinajstić information content (AvgIpc) is 3.03. The first-order valence-electron chi connectivity index (χ1n) is 9.03. The van der Waals surface area contributed by atoms with E-state index in [0.29, 0.717) is 0 Å². The van der Waals surface area contributed by atoms with Crippen LogP contribution in [0.25, 0.3) is 27.6 Å². The highest BCUT2D eigenvalue weighted by atomic mass is 16.1. The molecule has 3 heteroatoms. The molecule has 0 radical (unpaired) electrons. The molecule has 26 heavy (non-hydrogen) atoms. The molecule has 0 saturated heterocycles. The number of carbonyl (C=O) groups excluding carboxylic acids is 1. The Balaban J connectivity index is 1.97. The smallest absolute Gasteiger partial charge is 0.244 e. The molecule has 0 aliphatic rings. The number of hydrogen-bond acceptors (Lipinski definition) is 1. The summed E-state index contributed by atoms with van der Waals surface area (Å²) in [5, 5.41) is 4.12. The molecule has 0 atom stereocenters. The largest absolute Gasteiger partial charge is 0.361 e. The Bertz CT molecular complexity index is 993. The van der Waals surface area contributed by atoms with Gasteiger partial charge in [-0.3, -0.25) is 4.79 Å². The highest BCUT2D eigenvalue weighted by molar-refractivity contribution is 5.95. The van der Waals surface area contributed by atoms with Gasteiger partial charge in [0.15, 0.2) is 0 Å². The first-order valence-corrected chi connectivity index (χ1v) is 9.03. The van der Waals surface area contributed by atoms with Crippen LogP contribution in [0.1, 0.15) is 37.5 Å². The van der Waals surface area contributed by atoms with E-state index in [0.717, 1.165) is 16.7 Å². The number of carbonyl (C=O) groups is 1. The van der Waals surface area contributed by atoms with Gasteiger partial charge in [-0.15, -0.1) is 0 Å². The minimum absolute atomic E-state index is 0.0449. The Morgan fingerprint density at radius 2 is 1.85 bits per heavy atom. The SMILES string of the molecule is C/C(=C\C(=O)NC(C)C)c1cc(C)c(-c2ccc3[nH]ccc3c2)cc1C. The predicted molar refractivity (Wildman–Crippen MR) is 110 cm³/mol. The van der Waals surface area contributed by atoms with E-state index < -0.39 is 0 Å². The van der Waals surface area contributed by atoms with Crippen LogP contribution in [0, 0.1) is 13.8 Å². The van der Waals surface area contributed by atoms with Gasteiger partial charge in [0.2, 0.25) is 5.91 Å². The van der Waals surface area contributed by atoms with Gasteiger partial charge in [-0.1, -0.05) is 18.2 Å². The summed E-state index contributed by atoms with van der Waals surface area (Å²) in [5.41, 5.74) is 8.07. The van der Waals surface area contributed by atoms with Crippen molar-refractivity contribution in [2.75, 3.05) is 0 Å². The fourth-order valence-corrected chi connectivity index (χ4v) is 3.37. The summed E-state index contributed by atoms with van der Waals surface area (Å²) in [6, 6.07) is 13.1. The Morgan fingerprint density at radius 3 is 2.58 bits per heavy atom. The fraction of sp³-hybridized carbons (Fsp3) is 0.261. The van der Waals surface area contributed by atoms with Crippen LogP contribution in [-0.4, -0.2) is 16.9 Å². The molecule has 2 N–H and O–H groups in total. The molecule has 0 spiro atoms. The number of nitrogens with one attached hydrogen (secondary N) is 2. The lowest BCUT2D eigenvalue weighted by atomic mass is 9.91. The van der Waals surface area contributed by atoms with Crippen molar-refractivity contribution in [1.82, 2.24) is 10.3 Å². The maximum atomic E-state index is 12.0. The molecule has 0 saturated carbocycles. The van der Waals surface area contributed by atoms with E-state index in [4.69, 9.17) is 0 Å². The summed E-state index contributed by atoms with van der Waals surface area (Å²) in [6.45, 7) is 10.2. The third kappa shape index (κ3) is 3.72. The zero-order valence-electron chi connectivity index (χ0n) is 16.1. The minimum atomic E-state index is -0.0449. The highest BCUT2D eigenvalue weighted by Gasteiger charge is 2.10. The minimum Gasteiger partial charge on any atom is -0.361 e. The first kappa shape index (κ1) is 18.0. The van der Waals surface area contributed by atoms with Crippen LogP contribution in [0.5, 0.6) is 0 Å². The second kappa shape index (κ2) is 7.20. The number of aromatic nitrogens is 1. The van der Waals surface area contributed by atoms with E-state index >= 15 is 0 Å². The summed E-state index contributed by atoms with van der Waals surface area (Å²) in [4.78, 5) is 15.3. The fourth-order valence-electron chi connectivity index (χ4n) is 3.37. The molecule has 0 aliphatic heterocycles. The topological polar surface area (TPSA) is 44.9 Å². The van der Waals surface area contributed by atoms with E-state index in [-0.39, 0.29) is 11.9 Å². The molecule has 2 aromatic carbocycles. The Hall–Kier alpha value is -2.81. The predicted octanol–water partition coefficient (Wildman–Crippen LogP) is 5.38. The third-order valence-corrected chi connectivity index (χ3v) is 4.64. The summed E-state index contributed by atoms with van der Waals surface area (Å²) in [5.74, 6) is -0.0449. The molecule has 0 bridgehead atoms. The molecule has 0 aliphatic carbocycles. The second-order valence-corrected chi connectivity index (χ2v) is 7.25. The van der Waals surface area contributed by atoms with Gasteiger partial charge < -0.3 is 10.3 Å². The summed E-state index contributed by atoms with van der Waals surface area (Å²) >= 11 is 0. The Labute approximate surface area is 155 Å². The van der Waals surface area contributed by atoms with E-state index in [1.165, 1.54) is 27.6 Å². The maximum absolute atomic E-state index is 12.0. The molecule has 1 aromatic heterocycles. The number of amides is 1. The summed E-state index contributed by atoms with van der Waals surface area (Å²) in [6.07, 6.45) is 3.65. The quantitative estimate of drug-likeness (QED) is 0.612. The van der Waals surface area contributed by atoms with Crippen molar-refractivity contribution in [3.05, 3.63) is 65.4 Å². The van der Waals surface area contributed by atoms with Gasteiger partial charge >= 0.3 is 0 Å². The number of aromatic amines is 1. The lowest BCUT2D eigenvalue weighted by Crippen LogP contribution is -2.28. The van der Waals surface area contributed by atoms with Crippen LogP contribution < -0.4 is 5.32 Å². The molecule has 1 heterocycles. The van der Waals surface area contributed by atoms with Gasteiger partial charge in [0.25, 0.3) is 0 Å². The van der Waals surface area contributed by atoms with E-state index in [2.05, 4.69) is 60.5 Å². The van der Waals surface area contributed by atoms with Crippen LogP contribution in [0.3, 0.4) is 0 Å². The van der Waals surface area contributed by atoms with E-state index in [1.807, 2.05) is 27.0 Å². The maximum Gasteiger partial charge on any atom is 0.244 e. The monoisotopic (exact) mass is 346 g/mol. The van der Waals surface area contributed by atoms with Gasteiger partial charge in [-0.05, 0) is 91.6 Å². The second-order valence-electron chi connectivity index (χ2n) is 7.25. The van der Waals surface area contributed by atoms with Crippen LogP contribution in [-0.2, 0) is 4.79 Å². The summed E-state index contributed by atoms with van der Waals surface area (Å²) < 4.78 is 0. The molecular weight excluding hydrogens is 320 g/mol. The van der Waals surface area contributed by atoms with Crippen molar-refractivity contribution in [3.8, 4) is 11.1 Å².